The second-order valence-corrected chi connectivity index (χ2v) is 13.7. The summed E-state index contributed by atoms with van der Waals surface area (Å²) in [6.45, 7) is 2.43. The van der Waals surface area contributed by atoms with Crippen LogP contribution in [0, 0.1) is 6.92 Å². The third kappa shape index (κ3) is 5.92. The summed E-state index contributed by atoms with van der Waals surface area (Å²) in [5.41, 5.74) is 5.53. The zero-order chi connectivity index (χ0) is 34.9. The highest BCUT2D eigenvalue weighted by Crippen LogP contribution is 2.41. The third-order valence-corrected chi connectivity index (χ3v) is 10.7. The van der Waals surface area contributed by atoms with Gasteiger partial charge in [0.25, 0.3) is 5.56 Å². The number of methoxy groups -OCH3 is 2. The molecule has 10 nitrogen and oxygen atoms in total. The van der Waals surface area contributed by atoms with Crippen molar-refractivity contribution in [3.05, 3.63) is 134 Å². The standard InChI is InChI=1S/C38H35BrN6O4S/c1-24-34(37(47)45(42(24)2)27-15-9-6-10-16-27)44-36(28-17-11-12-18-30(28)39)40-41-38(44)50-23-33(46)43-20-19-26-21-31(48-3)32(49-4)22-29(26)35(43)25-13-7-5-8-14-25/h5-18,21-22,35H,19-20,23H2,1-4H3. The van der Waals surface area contributed by atoms with Gasteiger partial charge >= 0.3 is 0 Å². The fourth-order valence-electron chi connectivity index (χ4n) is 6.61. The molecule has 3 heterocycles. The second-order valence-electron chi connectivity index (χ2n) is 11.9. The molecule has 7 rings (SSSR count). The molecule has 0 aliphatic carbocycles. The smallest absolute Gasteiger partial charge is 0.296 e. The van der Waals surface area contributed by atoms with E-state index in [9.17, 15) is 9.59 Å². The van der Waals surface area contributed by atoms with Crippen LogP contribution >= 0.6 is 27.7 Å². The van der Waals surface area contributed by atoms with Crippen LogP contribution in [0.3, 0.4) is 0 Å². The Morgan fingerprint density at radius 2 is 1.58 bits per heavy atom. The van der Waals surface area contributed by atoms with Gasteiger partial charge in [-0.05, 0) is 60.4 Å². The fourth-order valence-corrected chi connectivity index (χ4v) is 7.90. The van der Waals surface area contributed by atoms with Crippen molar-refractivity contribution < 1.29 is 14.3 Å². The molecule has 0 N–H and O–H groups in total. The normalized spacial score (nSPS) is 14.0. The average molecular weight is 752 g/mol. The van der Waals surface area contributed by atoms with E-state index in [0.717, 1.165) is 38.1 Å². The number of rotatable bonds is 9. The highest BCUT2D eigenvalue weighted by atomic mass is 79.9. The number of hydrogen-bond donors (Lipinski definition) is 0. The zero-order valence-corrected chi connectivity index (χ0v) is 30.4. The number of halogens is 1. The summed E-state index contributed by atoms with van der Waals surface area (Å²) in [5.74, 6) is 1.79. The maximum atomic E-state index is 14.3. The van der Waals surface area contributed by atoms with Crippen LogP contribution in [0.5, 0.6) is 11.5 Å². The van der Waals surface area contributed by atoms with Gasteiger partial charge in [-0.15, -0.1) is 10.2 Å². The van der Waals surface area contributed by atoms with Crippen LogP contribution in [0.25, 0.3) is 22.8 Å². The first kappa shape index (κ1) is 33.4. The molecular weight excluding hydrogens is 716 g/mol. The number of hydrogen-bond acceptors (Lipinski definition) is 7. The minimum atomic E-state index is -0.323. The molecule has 4 aromatic carbocycles. The van der Waals surface area contributed by atoms with Crippen molar-refractivity contribution in [2.75, 3.05) is 26.5 Å². The van der Waals surface area contributed by atoms with E-state index < -0.39 is 0 Å². The number of carbonyl (C=O) groups excluding carboxylic acids is 1. The minimum absolute atomic E-state index is 0.0623. The molecule has 0 bridgehead atoms. The van der Waals surface area contributed by atoms with E-state index in [0.29, 0.717) is 41.1 Å². The Balaban J connectivity index is 1.28. The van der Waals surface area contributed by atoms with E-state index in [4.69, 9.17) is 9.47 Å². The Morgan fingerprint density at radius 1 is 0.920 bits per heavy atom. The number of nitrogens with zero attached hydrogens (tertiary/aromatic N) is 6. The molecule has 2 aromatic heterocycles. The van der Waals surface area contributed by atoms with E-state index in [1.54, 1.807) is 23.5 Å². The molecule has 1 atom stereocenters. The number of carbonyl (C=O) groups is 1. The maximum absolute atomic E-state index is 14.3. The summed E-state index contributed by atoms with van der Waals surface area (Å²) in [4.78, 5) is 30.5. The molecule has 0 saturated carbocycles. The van der Waals surface area contributed by atoms with Gasteiger partial charge in [0, 0.05) is 23.6 Å². The van der Waals surface area contributed by atoms with Gasteiger partial charge in [-0.2, -0.15) is 0 Å². The maximum Gasteiger partial charge on any atom is 0.296 e. The summed E-state index contributed by atoms with van der Waals surface area (Å²) in [6, 6.07) is 30.9. The zero-order valence-electron chi connectivity index (χ0n) is 28.0. The summed E-state index contributed by atoms with van der Waals surface area (Å²) < 4.78 is 17.3. The molecule has 6 aromatic rings. The Bertz CT molecular complexity index is 2250. The van der Waals surface area contributed by atoms with Gasteiger partial charge in [-0.3, -0.25) is 18.8 Å². The van der Waals surface area contributed by atoms with E-state index in [1.165, 1.54) is 11.8 Å². The summed E-state index contributed by atoms with van der Waals surface area (Å²) >= 11 is 4.93. The number of aromatic nitrogens is 5. The van der Waals surface area contributed by atoms with Crippen molar-refractivity contribution in [2.45, 2.75) is 24.5 Å². The molecule has 1 amide bonds. The lowest BCUT2D eigenvalue weighted by molar-refractivity contribution is -0.130. The molecular formula is C38H35BrN6O4S. The van der Waals surface area contributed by atoms with Crippen molar-refractivity contribution in [2.24, 2.45) is 7.05 Å². The molecule has 12 heteroatoms. The van der Waals surface area contributed by atoms with Crippen LogP contribution in [0.2, 0.25) is 0 Å². The summed E-state index contributed by atoms with van der Waals surface area (Å²) in [7, 11) is 5.10. The molecule has 0 radical (unpaired) electrons. The van der Waals surface area contributed by atoms with Gasteiger partial charge in [0.15, 0.2) is 22.5 Å². The molecule has 1 aliphatic heterocycles. The first-order chi connectivity index (χ1) is 24.3. The lowest BCUT2D eigenvalue weighted by Gasteiger charge is -2.38. The van der Waals surface area contributed by atoms with Crippen LogP contribution in [0.4, 0.5) is 0 Å². The number of fused-ring (bicyclic) bond motifs is 1. The Kier molecular flexibility index (Phi) is 9.39. The van der Waals surface area contributed by atoms with Crippen molar-refractivity contribution >= 4 is 33.6 Å². The van der Waals surface area contributed by atoms with Gasteiger partial charge in [-0.1, -0.05) is 94.4 Å². The van der Waals surface area contributed by atoms with E-state index in [2.05, 4.69) is 26.1 Å². The Labute approximate surface area is 302 Å². The van der Waals surface area contributed by atoms with Gasteiger partial charge < -0.3 is 14.4 Å². The van der Waals surface area contributed by atoms with Crippen LogP contribution < -0.4 is 15.0 Å². The topological polar surface area (TPSA) is 96.4 Å². The van der Waals surface area contributed by atoms with Gasteiger partial charge in [-0.25, -0.2) is 4.68 Å². The number of amides is 1. The SMILES string of the molecule is COc1cc2c(cc1OC)C(c1ccccc1)N(C(=O)CSc1nnc(-c3ccccc3Br)n1-c1c(C)n(C)n(-c3ccccc3)c1=O)CC2. The molecule has 1 aliphatic rings. The number of thioether (sulfide) groups is 1. The minimum Gasteiger partial charge on any atom is -0.493 e. The van der Waals surface area contributed by atoms with Crippen molar-refractivity contribution in [1.82, 2.24) is 29.0 Å². The second kappa shape index (κ2) is 14.0. The Hall–Kier alpha value is -5.07. The van der Waals surface area contributed by atoms with Gasteiger partial charge in [0.05, 0.1) is 37.4 Å². The highest BCUT2D eigenvalue weighted by molar-refractivity contribution is 9.10. The summed E-state index contributed by atoms with van der Waals surface area (Å²) in [6.07, 6.45) is 0.667. The van der Waals surface area contributed by atoms with Crippen LogP contribution in [0.1, 0.15) is 28.4 Å². The van der Waals surface area contributed by atoms with E-state index in [1.807, 2.05) is 121 Å². The fraction of sp³-hybridized carbons (Fsp3) is 0.211. The van der Waals surface area contributed by atoms with Crippen LogP contribution in [-0.2, 0) is 18.3 Å². The monoisotopic (exact) mass is 750 g/mol. The quantitative estimate of drug-likeness (QED) is 0.151. The largest absolute Gasteiger partial charge is 0.493 e. The highest BCUT2D eigenvalue weighted by Gasteiger charge is 2.34. The first-order valence-electron chi connectivity index (χ1n) is 16.1. The van der Waals surface area contributed by atoms with Crippen molar-refractivity contribution in [1.29, 1.82) is 0 Å². The molecule has 0 fully saturated rings. The third-order valence-electron chi connectivity index (χ3n) is 9.13. The van der Waals surface area contributed by atoms with Gasteiger partial charge in [0.2, 0.25) is 5.91 Å². The number of benzene rings is 4. The van der Waals surface area contributed by atoms with E-state index >= 15 is 0 Å². The van der Waals surface area contributed by atoms with Crippen LogP contribution in [0.15, 0.2) is 111 Å². The number of para-hydroxylation sites is 1. The van der Waals surface area contributed by atoms with Crippen molar-refractivity contribution in [3.8, 4) is 34.3 Å². The predicted octanol–water partition coefficient (Wildman–Crippen LogP) is 6.78. The molecule has 0 spiro atoms. The molecule has 254 valence electrons. The molecule has 0 saturated heterocycles. The van der Waals surface area contributed by atoms with Crippen LogP contribution in [-0.4, -0.2) is 61.5 Å². The van der Waals surface area contributed by atoms with Gasteiger partial charge in [0.1, 0.15) is 5.69 Å². The average Bonchev–Trinajstić information content (AvgIpc) is 3.65. The molecule has 1 unspecified atom stereocenters. The Morgan fingerprint density at radius 3 is 2.28 bits per heavy atom. The first-order valence-corrected chi connectivity index (χ1v) is 17.9. The van der Waals surface area contributed by atoms with E-state index in [-0.39, 0.29) is 23.3 Å². The lowest BCUT2D eigenvalue weighted by Crippen LogP contribution is -2.41. The van der Waals surface area contributed by atoms with Crippen molar-refractivity contribution in [3.63, 3.8) is 0 Å². The summed E-state index contributed by atoms with van der Waals surface area (Å²) in [5, 5.41) is 9.60. The lowest BCUT2D eigenvalue weighted by atomic mass is 9.87. The predicted molar refractivity (Wildman–Crippen MR) is 198 cm³/mol. The number of ether oxygens (including phenoxy) is 2. The molecule has 50 heavy (non-hydrogen) atoms.